The lowest BCUT2D eigenvalue weighted by Gasteiger charge is -2.13. The lowest BCUT2D eigenvalue weighted by atomic mass is 10.0. The van der Waals surface area contributed by atoms with Crippen LogP contribution in [0.4, 0.5) is 13.2 Å². The molecule has 0 saturated heterocycles. The molecule has 0 saturated carbocycles. The molecule has 1 N–H and O–H groups in total. The molecule has 0 radical (unpaired) electrons. The molecule has 19 heavy (non-hydrogen) atoms. The van der Waals surface area contributed by atoms with Crippen LogP contribution in [0.5, 0.6) is 0 Å². The van der Waals surface area contributed by atoms with Crippen LogP contribution >= 0.6 is 0 Å². The third-order valence-corrected chi connectivity index (χ3v) is 2.85. The number of nitrogens with zero attached hydrogens (tertiary/aromatic N) is 2. The summed E-state index contributed by atoms with van der Waals surface area (Å²) in [6.07, 6.45) is -5.55. The van der Waals surface area contributed by atoms with Crippen molar-refractivity contribution in [1.29, 1.82) is 0 Å². The van der Waals surface area contributed by atoms with E-state index in [1.165, 1.54) is 16.8 Å². The lowest BCUT2D eigenvalue weighted by molar-refractivity contribution is -0.137. The van der Waals surface area contributed by atoms with E-state index < -0.39 is 17.8 Å². The van der Waals surface area contributed by atoms with Crippen molar-refractivity contribution in [3.05, 3.63) is 52.8 Å². The van der Waals surface area contributed by atoms with Gasteiger partial charge in [0.05, 0.1) is 17.0 Å². The third kappa shape index (κ3) is 2.78. The van der Waals surface area contributed by atoms with Gasteiger partial charge in [0.25, 0.3) is 0 Å². The second-order valence-electron chi connectivity index (χ2n) is 4.36. The normalized spacial score (nSPS) is 13.6. The highest BCUT2D eigenvalue weighted by Gasteiger charge is 2.31. The van der Waals surface area contributed by atoms with Crippen LogP contribution in [0.25, 0.3) is 0 Å². The number of rotatable bonds is 2. The number of hydrogen-bond acceptors (Lipinski definition) is 2. The molecule has 0 amide bonds. The minimum absolute atomic E-state index is 0.192. The van der Waals surface area contributed by atoms with E-state index in [0.717, 1.165) is 12.1 Å². The summed E-state index contributed by atoms with van der Waals surface area (Å²) in [7, 11) is 1.64. The molecule has 0 bridgehead atoms. The summed E-state index contributed by atoms with van der Waals surface area (Å²) in [6, 6.07) is 6.31. The van der Waals surface area contributed by atoms with Crippen LogP contribution in [0.1, 0.15) is 28.6 Å². The van der Waals surface area contributed by atoms with Crippen LogP contribution in [-0.4, -0.2) is 14.9 Å². The van der Waals surface area contributed by atoms with Crippen LogP contribution < -0.4 is 0 Å². The Morgan fingerprint density at radius 1 is 1.26 bits per heavy atom. The average molecular weight is 270 g/mol. The molecule has 6 heteroatoms. The van der Waals surface area contributed by atoms with E-state index in [-0.39, 0.29) is 5.56 Å². The first kappa shape index (κ1) is 13.6. The quantitative estimate of drug-likeness (QED) is 0.911. The molecule has 0 aliphatic carbocycles. The van der Waals surface area contributed by atoms with E-state index in [2.05, 4.69) is 5.10 Å². The first-order valence-electron chi connectivity index (χ1n) is 5.65. The van der Waals surface area contributed by atoms with Gasteiger partial charge in [-0.1, -0.05) is 12.1 Å². The molecule has 3 nitrogen and oxygen atoms in total. The zero-order valence-corrected chi connectivity index (χ0v) is 10.4. The molecular weight excluding hydrogens is 257 g/mol. The summed E-state index contributed by atoms with van der Waals surface area (Å²) >= 11 is 0. The summed E-state index contributed by atoms with van der Waals surface area (Å²) in [5.41, 5.74) is 0.570. The molecule has 1 atom stereocenters. The van der Waals surface area contributed by atoms with Gasteiger partial charge in [0, 0.05) is 7.05 Å². The fourth-order valence-electron chi connectivity index (χ4n) is 1.94. The Morgan fingerprint density at radius 3 is 2.47 bits per heavy atom. The molecular formula is C13H13F3N2O. The predicted molar refractivity (Wildman–Crippen MR) is 63.5 cm³/mol. The highest BCUT2D eigenvalue weighted by atomic mass is 19.4. The largest absolute Gasteiger partial charge is 0.416 e. The molecule has 1 unspecified atom stereocenters. The molecule has 1 aromatic heterocycles. The highest BCUT2D eigenvalue weighted by molar-refractivity contribution is 5.31. The van der Waals surface area contributed by atoms with Gasteiger partial charge in [0.15, 0.2) is 0 Å². The Morgan fingerprint density at radius 2 is 1.95 bits per heavy atom. The zero-order chi connectivity index (χ0) is 14.2. The molecule has 0 spiro atoms. The van der Waals surface area contributed by atoms with Gasteiger partial charge >= 0.3 is 6.18 Å². The van der Waals surface area contributed by atoms with Gasteiger partial charge in [-0.25, -0.2) is 0 Å². The number of alkyl halides is 3. The van der Waals surface area contributed by atoms with E-state index >= 15 is 0 Å². The second kappa shape index (κ2) is 4.70. The maximum absolute atomic E-state index is 12.6. The van der Waals surface area contributed by atoms with Crippen molar-refractivity contribution >= 4 is 0 Å². The Kier molecular flexibility index (Phi) is 3.36. The molecule has 0 aliphatic heterocycles. The third-order valence-electron chi connectivity index (χ3n) is 2.85. The van der Waals surface area contributed by atoms with Crippen molar-refractivity contribution in [3.8, 4) is 0 Å². The number of aliphatic hydroxyl groups is 1. The summed E-state index contributed by atoms with van der Waals surface area (Å²) in [5, 5.41) is 14.2. The van der Waals surface area contributed by atoms with E-state index in [9.17, 15) is 18.3 Å². The predicted octanol–water partition coefficient (Wildman–Crippen LogP) is 2.83. The Labute approximate surface area is 108 Å². The van der Waals surface area contributed by atoms with Crippen LogP contribution in [0.2, 0.25) is 0 Å². The molecule has 1 aromatic carbocycles. The molecule has 0 aliphatic rings. The van der Waals surface area contributed by atoms with Crippen molar-refractivity contribution in [2.75, 3.05) is 0 Å². The standard InChI is InChI=1S/C13H13F3N2O/c1-8-6-11(18(2)17-8)12(19)9-4-3-5-10(7-9)13(14,15)16/h3-7,12,19H,1-2H3. The first-order chi connectivity index (χ1) is 8.79. The number of hydrogen-bond donors (Lipinski definition) is 1. The summed E-state index contributed by atoms with van der Waals surface area (Å²) in [4.78, 5) is 0. The van der Waals surface area contributed by atoms with E-state index in [1.54, 1.807) is 20.0 Å². The number of aliphatic hydroxyl groups excluding tert-OH is 1. The Balaban J connectivity index is 2.39. The first-order valence-corrected chi connectivity index (χ1v) is 5.65. The van der Waals surface area contributed by atoms with E-state index in [0.29, 0.717) is 11.4 Å². The molecule has 2 aromatic rings. The second-order valence-corrected chi connectivity index (χ2v) is 4.36. The average Bonchev–Trinajstić information content (AvgIpc) is 2.66. The van der Waals surface area contributed by atoms with Crippen LogP contribution in [0.3, 0.4) is 0 Å². The van der Waals surface area contributed by atoms with Crippen molar-refractivity contribution in [1.82, 2.24) is 9.78 Å². The maximum Gasteiger partial charge on any atom is 0.416 e. The van der Waals surface area contributed by atoms with Crippen molar-refractivity contribution in [3.63, 3.8) is 0 Å². The maximum atomic E-state index is 12.6. The van der Waals surface area contributed by atoms with Gasteiger partial charge in [-0.05, 0) is 30.7 Å². The van der Waals surface area contributed by atoms with Gasteiger partial charge < -0.3 is 5.11 Å². The number of aryl methyl sites for hydroxylation is 2. The summed E-state index contributed by atoms with van der Waals surface area (Å²) in [6.45, 7) is 1.75. The topological polar surface area (TPSA) is 38.0 Å². The van der Waals surface area contributed by atoms with Crippen LogP contribution in [-0.2, 0) is 13.2 Å². The zero-order valence-electron chi connectivity index (χ0n) is 10.4. The van der Waals surface area contributed by atoms with Gasteiger partial charge in [-0.3, -0.25) is 4.68 Å². The van der Waals surface area contributed by atoms with Crippen molar-refractivity contribution in [2.24, 2.45) is 7.05 Å². The highest BCUT2D eigenvalue weighted by Crippen LogP contribution is 2.32. The van der Waals surface area contributed by atoms with Crippen molar-refractivity contribution in [2.45, 2.75) is 19.2 Å². The van der Waals surface area contributed by atoms with Crippen LogP contribution in [0.15, 0.2) is 30.3 Å². The van der Waals surface area contributed by atoms with Crippen LogP contribution in [0, 0.1) is 6.92 Å². The molecule has 102 valence electrons. The fourth-order valence-corrected chi connectivity index (χ4v) is 1.94. The number of halogens is 3. The molecule has 2 rings (SSSR count). The van der Waals surface area contributed by atoms with Gasteiger partial charge in [-0.15, -0.1) is 0 Å². The van der Waals surface area contributed by atoms with Gasteiger partial charge in [0.1, 0.15) is 6.10 Å². The lowest BCUT2D eigenvalue weighted by Crippen LogP contribution is -2.09. The fraction of sp³-hybridized carbons (Fsp3) is 0.308. The van der Waals surface area contributed by atoms with Gasteiger partial charge in [0.2, 0.25) is 0 Å². The number of aromatic nitrogens is 2. The Bertz CT molecular complexity index is 590. The minimum atomic E-state index is -4.42. The smallest absolute Gasteiger partial charge is 0.382 e. The van der Waals surface area contributed by atoms with Crippen molar-refractivity contribution < 1.29 is 18.3 Å². The molecule has 0 fully saturated rings. The molecule has 1 heterocycles. The van der Waals surface area contributed by atoms with E-state index in [4.69, 9.17) is 0 Å². The Hall–Kier alpha value is -1.82. The minimum Gasteiger partial charge on any atom is -0.382 e. The monoisotopic (exact) mass is 270 g/mol. The van der Waals surface area contributed by atoms with Gasteiger partial charge in [-0.2, -0.15) is 18.3 Å². The number of benzene rings is 1. The SMILES string of the molecule is Cc1cc(C(O)c2cccc(C(F)(F)F)c2)n(C)n1. The summed E-state index contributed by atoms with van der Waals surface area (Å²) < 4.78 is 39.3. The van der Waals surface area contributed by atoms with E-state index in [1.807, 2.05) is 0 Å². The summed E-state index contributed by atoms with van der Waals surface area (Å²) in [5.74, 6) is 0.